The summed E-state index contributed by atoms with van der Waals surface area (Å²) in [6, 6.07) is 5.71. The number of imidazole rings is 1. The topological polar surface area (TPSA) is 54.9 Å². The largest absolute Gasteiger partial charge is 0.329 e. The molecular formula is C13H16N2O2S3. The zero-order valence-corrected chi connectivity index (χ0v) is 13.6. The number of nitrogens with zero attached hydrogens (tertiary/aromatic N) is 1. The van der Waals surface area contributed by atoms with Gasteiger partial charge in [0.1, 0.15) is 0 Å². The Balaban J connectivity index is 2.24. The molecule has 20 heavy (non-hydrogen) atoms. The molecule has 1 aromatic heterocycles. The summed E-state index contributed by atoms with van der Waals surface area (Å²) in [6.45, 7) is 0. The minimum atomic E-state index is -3.26. The molecule has 1 aromatic carbocycles. The van der Waals surface area contributed by atoms with Crippen LogP contribution in [-0.4, -0.2) is 35.7 Å². The number of fused-ring (bicyclic) bond motifs is 1. The van der Waals surface area contributed by atoms with Crippen LogP contribution in [0.25, 0.3) is 11.0 Å². The van der Waals surface area contributed by atoms with Gasteiger partial charge in [0.15, 0.2) is 14.6 Å². The second-order valence-electron chi connectivity index (χ2n) is 5.09. The van der Waals surface area contributed by atoms with Crippen LogP contribution in [0.2, 0.25) is 0 Å². The van der Waals surface area contributed by atoms with E-state index in [0.29, 0.717) is 21.2 Å². The Morgan fingerprint density at radius 3 is 2.90 bits per heavy atom. The molecule has 7 heteroatoms. The average molecular weight is 328 g/mol. The zero-order valence-electron chi connectivity index (χ0n) is 11.1. The summed E-state index contributed by atoms with van der Waals surface area (Å²) >= 11 is 7.35. The molecular weight excluding hydrogens is 312 g/mol. The fraction of sp³-hybridized carbons (Fsp3) is 0.462. The average Bonchev–Trinajstić information content (AvgIpc) is 2.74. The molecule has 0 bridgehead atoms. The van der Waals surface area contributed by atoms with E-state index in [2.05, 4.69) is 9.55 Å². The summed E-state index contributed by atoms with van der Waals surface area (Å²) in [6.07, 6.45) is 3.50. The Bertz CT molecular complexity index is 799. The van der Waals surface area contributed by atoms with Gasteiger partial charge in [-0.25, -0.2) is 8.42 Å². The molecule has 0 spiro atoms. The fourth-order valence-corrected chi connectivity index (χ4v) is 5.05. The van der Waals surface area contributed by atoms with Gasteiger partial charge >= 0.3 is 0 Å². The van der Waals surface area contributed by atoms with Crippen molar-refractivity contribution in [3.8, 4) is 0 Å². The monoisotopic (exact) mass is 328 g/mol. The lowest BCUT2D eigenvalue weighted by Crippen LogP contribution is -2.16. The van der Waals surface area contributed by atoms with E-state index in [0.717, 1.165) is 17.7 Å². The normalized spacial score (nSPS) is 20.4. The molecule has 1 N–H and O–H groups in total. The molecule has 2 aromatic rings. The number of benzene rings is 1. The highest BCUT2D eigenvalue weighted by Crippen LogP contribution is 2.31. The van der Waals surface area contributed by atoms with Crippen molar-refractivity contribution in [1.29, 1.82) is 0 Å². The highest BCUT2D eigenvalue weighted by Gasteiger charge is 2.21. The maximum absolute atomic E-state index is 11.9. The SMILES string of the molecule is CS(=O)(=O)c1cccc2c1[nH]c(=S)n2C1CCCSC1. The van der Waals surface area contributed by atoms with Crippen LogP contribution in [0, 0.1) is 4.77 Å². The summed E-state index contributed by atoms with van der Waals surface area (Å²) in [4.78, 5) is 3.41. The van der Waals surface area contributed by atoms with Crippen LogP contribution in [0.4, 0.5) is 0 Å². The second kappa shape index (κ2) is 5.20. The first-order valence-corrected chi connectivity index (χ1v) is 9.95. The van der Waals surface area contributed by atoms with E-state index >= 15 is 0 Å². The molecule has 1 aliphatic rings. The Morgan fingerprint density at radius 2 is 2.25 bits per heavy atom. The Hall–Kier alpha value is -0.790. The van der Waals surface area contributed by atoms with Crippen molar-refractivity contribution in [3.63, 3.8) is 0 Å². The minimum Gasteiger partial charge on any atom is -0.329 e. The lowest BCUT2D eigenvalue weighted by molar-refractivity contribution is 0.506. The van der Waals surface area contributed by atoms with Gasteiger partial charge in [0.2, 0.25) is 0 Å². The lowest BCUT2D eigenvalue weighted by atomic mass is 10.2. The van der Waals surface area contributed by atoms with Crippen LogP contribution in [0.15, 0.2) is 23.1 Å². The number of H-pyrrole nitrogens is 1. The van der Waals surface area contributed by atoms with Gasteiger partial charge in [0.05, 0.1) is 15.9 Å². The smallest absolute Gasteiger partial charge is 0.178 e. The van der Waals surface area contributed by atoms with E-state index in [1.807, 2.05) is 17.8 Å². The molecule has 1 unspecified atom stereocenters. The molecule has 1 fully saturated rings. The van der Waals surface area contributed by atoms with Gasteiger partial charge < -0.3 is 9.55 Å². The predicted molar refractivity (Wildman–Crippen MR) is 85.8 cm³/mol. The van der Waals surface area contributed by atoms with Gasteiger partial charge in [-0.2, -0.15) is 11.8 Å². The van der Waals surface area contributed by atoms with Gasteiger partial charge in [-0.1, -0.05) is 6.07 Å². The number of sulfone groups is 1. The van der Waals surface area contributed by atoms with Gasteiger partial charge in [0.25, 0.3) is 0 Å². The van der Waals surface area contributed by atoms with Crippen molar-refractivity contribution < 1.29 is 8.42 Å². The molecule has 3 rings (SSSR count). The Kier molecular flexibility index (Phi) is 3.68. The van der Waals surface area contributed by atoms with Crippen molar-refractivity contribution >= 4 is 44.9 Å². The van der Waals surface area contributed by atoms with Gasteiger partial charge in [0, 0.05) is 18.1 Å². The quantitative estimate of drug-likeness (QED) is 0.860. The molecule has 0 aliphatic carbocycles. The molecule has 0 radical (unpaired) electrons. The highest BCUT2D eigenvalue weighted by molar-refractivity contribution is 7.99. The number of hydrogen-bond acceptors (Lipinski definition) is 4. The van der Waals surface area contributed by atoms with Crippen LogP contribution < -0.4 is 0 Å². The zero-order chi connectivity index (χ0) is 14.3. The van der Waals surface area contributed by atoms with Crippen LogP contribution in [-0.2, 0) is 9.84 Å². The number of hydrogen-bond donors (Lipinski definition) is 1. The van der Waals surface area contributed by atoms with E-state index in [1.165, 1.54) is 18.4 Å². The summed E-state index contributed by atoms with van der Waals surface area (Å²) < 4.78 is 26.5. The molecule has 1 saturated heterocycles. The number of nitrogens with one attached hydrogen (secondary N) is 1. The fourth-order valence-electron chi connectivity index (χ4n) is 2.72. The predicted octanol–water partition coefficient (Wildman–Crippen LogP) is 3.17. The molecule has 0 saturated carbocycles. The first kappa shape index (κ1) is 14.2. The Labute approximate surface area is 127 Å². The maximum Gasteiger partial charge on any atom is 0.178 e. The van der Waals surface area contributed by atoms with Crippen LogP contribution in [0.1, 0.15) is 18.9 Å². The summed E-state index contributed by atoms with van der Waals surface area (Å²) in [5, 5.41) is 0. The number of aromatic amines is 1. The Morgan fingerprint density at radius 1 is 1.45 bits per heavy atom. The molecule has 0 amide bonds. The van der Waals surface area contributed by atoms with E-state index in [-0.39, 0.29) is 0 Å². The van der Waals surface area contributed by atoms with Crippen LogP contribution >= 0.6 is 24.0 Å². The van der Waals surface area contributed by atoms with Crippen molar-refractivity contribution in [2.75, 3.05) is 17.8 Å². The lowest BCUT2D eigenvalue weighted by Gasteiger charge is -2.23. The molecule has 2 heterocycles. The van der Waals surface area contributed by atoms with E-state index < -0.39 is 9.84 Å². The molecule has 1 atom stereocenters. The van der Waals surface area contributed by atoms with Crippen LogP contribution in [0.3, 0.4) is 0 Å². The van der Waals surface area contributed by atoms with Gasteiger partial charge in [-0.05, 0) is 42.9 Å². The number of para-hydroxylation sites is 1. The molecule has 108 valence electrons. The van der Waals surface area contributed by atoms with Crippen LogP contribution in [0.5, 0.6) is 0 Å². The van der Waals surface area contributed by atoms with Crippen molar-refractivity contribution in [2.24, 2.45) is 0 Å². The third-order valence-electron chi connectivity index (χ3n) is 3.62. The summed E-state index contributed by atoms with van der Waals surface area (Å²) in [7, 11) is -3.26. The third-order valence-corrected chi connectivity index (χ3v) is 6.25. The van der Waals surface area contributed by atoms with Crippen molar-refractivity contribution in [2.45, 2.75) is 23.8 Å². The number of thioether (sulfide) groups is 1. The van der Waals surface area contributed by atoms with Crippen molar-refractivity contribution in [3.05, 3.63) is 23.0 Å². The summed E-state index contributed by atoms with van der Waals surface area (Å²) in [5.74, 6) is 2.23. The minimum absolute atomic E-state index is 0.323. The highest BCUT2D eigenvalue weighted by atomic mass is 32.2. The van der Waals surface area contributed by atoms with E-state index in [4.69, 9.17) is 12.2 Å². The molecule has 4 nitrogen and oxygen atoms in total. The molecule has 1 aliphatic heterocycles. The first-order chi connectivity index (χ1) is 9.48. The standard InChI is InChI=1S/C13H16N2O2S3/c1-20(16,17)11-6-2-5-10-12(11)14-13(18)15(10)9-4-3-7-19-8-9/h2,5-6,9H,3-4,7-8H2,1H3,(H,14,18). The summed E-state index contributed by atoms with van der Waals surface area (Å²) in [5.41, 5.74) is 1.53. The van der Waals surface area contributed by atoms with Crippen molar-refractivity contribution in [1.82, 2.24) is 9.55 Å². The van der Waals surface area contributed by atoms with E-state index in [9.17, 15) is 8.42 Å². The maximum atomic E-state index is 11.9. The van der Waals surface area contributed by atoms with Gasteiger partial charge in [-0.3, -0.25) is 0 Å². The third kappa shape index (κ3) is 2.42. The first-order valence-electron chi connectivity index (χ1n) is 6.49. The number of aromatic nitrogens is 2. The van der Waals surface area contributed by atoms with E-state index in [1.54, 1.807) is 12.1 Å². The number of rotatable bonds is 2. The second-order valence-corrected chi connectivity index (χ2v) is 8.61. The van der Waals surface area contributed by atoms with Gasteiger partial charge in [-0.15, -0.1) is 0 Å².